The van der Waals surface area contributed by atoms with Crippen LogP contribution in [-0.2, 0) is 17.8 Å². The lowest BCUT2D eigenvalue weighted by atomic mass is 10.1. The summed E-state index contributed by atoms with van der Waals surface area (Å²) in [6.45, 7) is 2.22. The summed E-state index contributed by atoms with van der Waals surface area (Å²) in [6, 6.07) is 17.7. The van der Waals surface area contributed by atoms with E-state index in [1.165, 1.54) is 13.2 Å². The van der Waals surface area contributed by atoms with E-state index in [4.69, 9.17) is 13.9 Å². The molecule has 0 bridgehead atoms. The maximum atomic E-state index is 11.8. The molecule has 0 aliphatic rings. The van der Waals surface area contributed by atoms with Crippen molar-refractivity contribution in [2.24, 2.45) is 0 Å². The monoisotopic (exact) mass is 540 g/mol. The zero-order valence-corrected chi connectivity index (χ0v) is 20.9. The lowest BCUT2D eigenvalue weighted by Crippen LogP contribution is -2.00. The molecule has 0 aliphatic heterocycles. The van der Waals surface area contributed by atoms with Crippen molar-refractivity contribution in [1.82, 2.24) is 10.2 Å². The van der Waals surface area contributed by atoms with E-state index in [1.807, 2.05) is 31.2 Å². The number of methoxy groups -OCH3 is 1. The van der Waals surface area contributed by atoms with E-state index in [0.717, 1.165) is 28.1 Å². The maximum Gasteiger partial charge on any atom is 0.342 e. The molecule has 34 heavy (non-hydrogen) atoms. The summed E-state index contributed by atoms with van der Waals surface area (Å²) in [7, 11) is 1.54. The van der Waals surface area contributed by atoms with E-state index in [0.29, 0.717) is 40.5 Å². The number of rotatable bonds is 9. The van der Waals surface area contributed by atoms with Gasteiger partial charge in [0.05, 0.1) is 11.6 Å². The SMILES string of the molecule is CCc1nnc(S/C(=C\c2cc(Br)c(OCc3cccc4ccccc34)c(OC)c2)C(=O)O)o1. The fraction of sp³-hybridized carbons (Fsp3) is 0.160. The van der Waals surface area contributed by atoms with Gasteiger partial charge in [-0.15, -0.1) is 10.2 Å². The molecule has 0 amide bonds. The number of fused-ring (bicyclic) bond motifs is 1. The number of carboxylic acids is 1. The van der Waals surface area contributed by atoms with Crippen LogP contribution in [-0.4, -0.2) is 28.4 Å². The molecular weight excluding hydrogens is 520 g/mol. The molecule has 0 unspecified atom stereocenters. The minimum absolute atomic E-state index is 0.0321. The third-order valence-electron chi connectivity index (χ3n) is 4.96. The Morgan fingerprint density at radius 2 is 1.97 bits per heavy atom. The molecule has 174 valence electrons. The smallest absolute Gasteiger partial charge is 0.342 e. The number of hydrogen-bond acceptors (Lipinski definition) is 7. The molecule has 7 nitrogen and oxygen atoms in total. The van der Waals surface area contributed by atoms with Gasteiger partial charge >= 0.3 is 5.97 Å². The summed E-state index contributed by atoms with van der Waals surface area (Å²) in [4.78, 5) is 11.8. The van der Waals surface area contributed by atoms with Gasteiger partial charge in [0.25, 0.3) is 5.22 Å². The van der Waals surface area contributed by atoms with E-state index in [1.54, 1.807) is 12.1 Å². The number of thioether (sulfide) groups is 1. The Morgan fingerprint density at radius 3 is 2.71 bits per heavy atom. The fourth-order valence-electron chi connectivity index (χ4n) is 3.33. The Kier molecular flexibility index (Phi) is 7.54. The first kappa shape index (κ1) is 23.8. The van der Waals surface area contributed by atoms with Crippen LogP contribution in [0.1, 0.15) is 23.9 Å². The summed E-state index contributed by atoms with van der Waals surface area (Å²) >= 11 is 4.43. The summed E-state index contributed by atoms with van der Waals surface area (Å²) < 4.78 is 17.7. The zero-order chi connectivity index (χ0) is 24.1. The standard InChI is InChI=1S/C25H21BrN2O5S/c1-3-22-27-28-25(33-22)34-21(24(29)30)13-15-11-19(26)23(20(12-15)31-2)32-14-17-9-6-8-16-7-4-5-10-18(16)17/h4-13H,3,14H2,1-2H3,(H,29,30)/b21-13-. The highest BCUT2D eigenvalue weighted by molar-refractivity contribution is 9.10. The highest BCUT2D eigenvalue weighted by Gasteiger charge is 2.17. The van der Waals surface area contributed by atoms with Gasteiger partial charge in [0.1, 0.15) is 11.5 Å². The average molecular weight is 541 g/mol. The maximum absolute atomic E-state index is 11.8. The molecule has 0 atom stereocenters. The van der Waals surface area contributed by atoms with Gasteiger partial charge < -0.3 is 19.0 Å². The van der Waals surface area contributed by atoms with Crippen LogP contribution in [0.15, 0.2) is 73.6 Å². The van der Waals surface area contributed by atoms with Crippen molar-refractivity contribution >= 4 is 50.5 Å². The first-order valence-corrected chi connectivity index (χ1v) is 12.0. The quantitative estimate of drug-likeness (QED) is 0.193. The normalized spacial score (nSPS) is 11.6. The minimum Gasteiger partial charge on any atom is -0.493 e. The summed E-state index contributed by atoms with van der Waals surface area (Å²) in [6.07, 6.45) is 2.09. The second-order valence-corrected chi connectivity index (χ2v) is 9.04. The molecule has 1 heterocycles. The third-order valence-corrected chi connectivity index (χ3v) is 6.40. The Bertz CT molecular complexity index is 1360. The largest absolute Gasteiger partial charge is 0.493 e. The van der Waals surface area contributed by atoms with Gasteiger partial charge in [-0.1, -0.05) is 49.4 Å². The van der Waals surface area contributed by atoms with E-state index >= 15 is 0 Å². The zero-order valence-electron chi connectivity index (χ0n) is 18.4. The number of ether oxygens (including phenoxy) is 2. The van der Waals surface area contributed by atoms with Crippen LogP contribution < -0.4 is 9.47 Å². The van der Waals surface area contributed by atoms with E-state index in [-0.39, 0.29) is 10.1 Å². The molecule has 0 fully saturated rings. The molecule has 0 saturated heterocycles. The predicted octanol–water partition coefficient (Wildman–Crippen LogP) is 6.35. The lowest BCUT2D eigenvalue weighted by molar-refractivity contribution is -0.131. The van der Waals surface area contributed by atoms with Crippen LogP contribution in [0.2, 0.25) is 0 Å². The van der Waals surface area contributed by atoms with Crippen molar-refractivity contribution in [1.29, 1.82) is 0 Å². The Hall–Kier alpha value is -3.30. The van der Waals surface area contributed by atoms with Gasteiger partial charge in [-0.25, -0.2) is 4.79 Å². The molecule has 0 aliphatic carbocycles. The number of aromatic nitrogens is 2. The van der Waals surface area contributed by atoms with Crippen LogP contribution >= 0.6 is 27.7 Å². The van der Waals surface area contributed by atoms with Gasteiger partial charge in [0, 0.05) is 6.42 Å². The number of hydrogen-bond donors (Lipinski definition) is 1. The van der Waals surface area contributed by atoms with Crippen molar-refractivity contribution in [2.75, 3.05) is 7.11 Å². The topological polar surface area (TPSA) is 94.7 Å². The molecule has 1 aromatic heterocycles. The lowest BCUT2D eigenvalue weighted by Gasteiger charge is -2.15. The molecular formula is C25H21BrN2O5S. The number of benzene rings is 3. The molecule has 3 aromatic carbocycles. The van der Waals surface area contributed by atoms with Crippen molar-refractivity contribution in [3.63, 3.8) is 0 Å². The number of nitrogens with zero attached hydrogens (tertiary/aromatic N) is 2. The third kappa shape index (κ3) is 5.43. The average Bonchev–Trinajstić information content (AvgIpc) is 3.30. The molecule has 4 aromatic rings. The van der Waals surface area contributed by atoms with Crippen LogP contribution in [0.3, 0.4) is 0 Å². The molecule has 4 rings (SSSR count). The molecule has 9 heteroatoms. The number of aryl methyl sites for hydroxylation is 1. The first-order valence-electron chi connectivity index (χ1n) is 10.4. The highest BCUT2D eigenvalue weighted by Crippen LogP contribution is 2.39. The number of halogens is 1. The van der Waals surface area contributed by atoms with Crippen LogP contribution in [0.25, 0.3) is 16.8 Å². The van der Waals surface area contributed by atoms with Gasteiger partial charge in [-0.3, -0.25) is 0 Å². The van der Waals surface area contributed by atoms with Crippen LogP contribution in [0, 0.1) is 0 Å². The molecule has 0 radical (unpaired) electrons. The van der Waals surface area contributed by atoms with E-state index in [2.05, 4.69) is 44.3 Å². The number of carboxylic acid groups (broad SMARTS) is 1. The van der Waals surface area contributed by atoms with Gasteiger partial charge in [-0.05, 0) is 67.8 Å². The Balaban J connectivity index is 1.59. The van der Waals surface area contributed by atoms with Crippen molar-refractivity contribution in [3.8, 4) is 11.5 Å². The minimum atomic E-state index is -1.10. The summed E-state index contributed by atoms with van der Waals surface area (Å²) in [5.74, 6) is 0.347. The van der Waals surface area contributed by atoms with Gasteiger partial charge in [0.2, 0.25) is 5.89 Å². The van der Waals surface area contributed by atoms with Crippen LogP contribution in [0.4, 0.5) is 0 Å². The Morgan fingerprint density at radius 1 is 1.18 bits per heavy atom. The second-order valence-electron chi connectivity index (χ2n) is 7.19. The molecule has 1 N–H and O–H groups in total. The van der Waals surface area contributed by atoms with E-state index in [9.17, 15) is 9.90 Å². The number of aliphatic carboxylic acids is 1. The molecule has 0 spiro atoms. The summed E-state index contributed by atoms with van der Waals surface area (Å²) in [5.41, 5.74) is 1.66. The first-order chi connectivity index (χ1) is 16.5. The summed E-state index contributed by atoms with van der Waals surface area (Å²) in [5, 5.41) is 19.8. The van der Waals surface area contributed by atoms with E-state index < -0.39 is 5.97 Å². The fourth-order valence-corrected chi connectivity index (χ4v) is 4.60. The van der Waals surface area contributed by atoms with Crippen molar-refractivity contribution in [2.45, 2.75) is 25.2 Å². The predicted molar refractivity (Wildman–Crippen MR) is 134 cm³/mol. The highest BCUT2D eigenvalue weighted by atomic mass is 79.9. The number of carbonyl (C=O) groups is 1. The second kappa shape index (κ2) is 10.8. The van der Waals surface area contributed by atoms with Gasteiger partial charge in [0.15, 0.2) is 11.5 Å². The molecule has 0 saturated carbocycles. The van der Waals surface area contributed by atoms with Crippen molar-refractivity contribution < 1.29 is 23.8 Å². The Labute approximate surface area is 208 Å². The van der Waals surface area contributed by atoms with Crippen molar-refractivity contribution in [3.05, 3.63) is 81.0 Å². The van der Waals surface area contributed by atoms with Gasteiger partial charge in [-0.2, -0.15) is 0 Å². The van der Waals surface area contributed by atoms with Crippen LogP contribution in [0.5, 0.6) is 11.5 Å².